The Morgan fingerprint density at radius 2 is 2.03 bits per heavy atom. The first-order valence-electron chi connectivity index (χ1n) is 11.9. The van der Waals surface area contributed by atoms with Crippen LogP contribution in [0.3, 0.4) is 0 Å². The molecule has 186 valence electrons. The number of rotatable bonds is 10. The highest BCUT2D eigenvalue weighted by Crippen LogP contribution is 2.33. The van der Waals surface area contributed by atoms with Gasteiger partial charge in [0.15, 0.2) is 5.82 Å². The van der Waals surface area contributed by atoms with Crippen molar-refractivity contribution in [2.75, 3.05) is 18.5 Å². The number of hydrogen-bond acceptors (Lipinski definition) is 9. The average molecular weight is 482 g/mol. The van der Waals surface area contributed by atoms with Crippen molar-refractivity contribution < 1.29 is 23.9 Å². The quantitative estimate of drug-likeness (QED) is 0.412. The molecule has 0 aliphatic heterocycles. The lowest BCUT2D eigenvalue weighted by Crippen LogP contribution is -2.31. The molecule has 4 rings (SSSR count). The molecule has 10 nitrogen and oxygen atoms in total. The number of nitrogens with zero attached hydrogens (tertiary/aromatic N) is 4. The van der Waals surface area contributed by atoms with Crippen molar-refractivity contribution in [1.82, 2.24) is 20.1 Å². The van der Waals surface area contributed by atoms with Crippen molar-refractivity contribution >= 4 is 17.5 Å². The summed E-state index contributed by atoms with van der Waals surface area (Å²) in [6.45, 7) is 6.86. The standard InChI is InChI=1S/C25H31N5O5/c1-15(2)13-34-22-12-26-11-21(28-22)29-23-16(3)30-35-24(23)20-9-8-18(10-27-20)33-14-17-6-4-5-7-19(17)25(31)32/h8-12,15,17,19H,4-7,13-14H2,1-3H3,(H,28,29)(H,31,32)/t17-,19+/m1/s1. The van der Waals surface area contributed by atoms with Gasteiger partial charge in [-0.05, 0) is 37.8 Å². The molecule has 1 aliphatic carbocycles. The number of nitrogens with one attached hydrogen (secondary N) is 1. The highest BCUT2D eigenvalue weighted by molar-refractivity contribution is 5.75. The highest BCUT2D eigenvalue weighted by atomic mass is 16.5. The van der Waals surface area contributed by atoms with Gasteiger partial charge in [0, 0.05) is 5.92 Å². The summed E-state index contributed by atoms with van der Waals surface area (Å²) in [5.74, 6) is 1.27. The van der Waals surface area contributed by atoms with Crippen LogP contribution in [-0.4, -0.2) is 44.4 Å². The number of anilines is 2. The van der Waals surface area contributed by atoms with E-state index < -0.39 is 5.97 Å². The maximum absolute atomic E-state index is 11.5. The van der Waals surface area contributed by atoms with Crippen molar-refractivity contribution in [3.05, 3.63) is 36.4 Å². The zero-order chi connectivity index (χ0) is 24.8. The topological polar surface area (TPSA) is 132 Å². The zero-order valence-corrected chi connectivity index (χ0v) is 20.2. The second kappa shape index (κ2) is 11.2. The Hall–Kier alpha value is -3.69. The van der Waals surface area contributed by atoms with Crippen LogP contribution in [0, 0.1) is 24.7 Å². The third-order valence-electron chi connectivity index (χ3n) is 5.95. The molecule has 3 aromatic heterocycles. The highest BCUT2D eigenvalue weighted by Gasteiger charge is 2.31. The van der Waals surface area contributed by atoms with Gasteiger partial charge in [0.25, 0.3) is 0 Å². The Labute approximate surface area is 204 Å². The number of aromatic nitrogens is 4. The summed E-state index contributed by atoms with van der Waals surface area (Å²) in [6, 6.07) is 3.58. The first-order valence-corrected chi connectivity index (χ1v) is 11.9. The van der Waals surface area contributed by atoms with Crippen molar-refractivity contribution in [3.63, 3.8) is 0 Å². The normalized spacial score (nSPS) is 17.8. The van der Waals surface area contributed by atoms with Crippen LogP contribution in [0.5, 0.6) is 11.6 Å². The summed E-state index contributed by atoms with van der Waals surface area (Å²) in [5.41, 5.74) is 1.85. The second-order valence-electron chi connectivity index (χ2n) is 9.22. The third-order valence-corrected chi connectivity index (χ3v) is 5.95. The minimum absolute atomic E-state index is 0.00930. The fraction of sp³-hybridized carbons (Fsp3) is 0.480. The van der Waals surface area contributed by atoms with Crippen LogP contribution in [-0.2, 0) is 4.79 Å². The summed E-state index contributed by atoms with van der Waals surface area (Å²) >= 11 is 0. The summed E-state index contributed by atoms with van der Waals surface area (Å²) < 4.78 is 17.1. The first kappa shape index (κ1) is 24.4. The second-order valence-corrected chi connectivity index (χ2v) is 9.22. The molecule has 0 saturated heterocycles. The molecular formula is C25H31N5O5. The number of pyridine rings is 1. The Morgan fingerprint density at radius 3 is 2.77 bits per heavy atom. The van der Waals surface area contributed by atoms with Gasteiger partial charge >= 0.3 is 5.97 Å². The summed E-state index contributed by atoms with van der Waals surface area (Å²) in [6.07, 6.45) is 8.33. The first-order chi connectivity index (χ1) is 16.9. The number of hydrogen-bond donors (Lipinski definition) is 2. The average Bonchev–Trinajstić information content (AvgIpc) is 3.22. The lowest BCUT2D eigenvalue weighted by atomic mass is 9.80. The molecule has 0 aromatic carbocycles. The molecule has 10 heteroatoms. The molecule has 3 heterocycles. The molecule has 1 saturated carbocycles. The molecule has 1 aliphatic rings. The number of aliphatic carboxylic acids is 1. The third kappa shape index (κ3) is 6.26. The Bertz CT molecular complexity index is 1130. The molecule has 2 atom stereocenters. The Morgan fingerprint density at radius 1 is 1.20 bits per heavy atom. The van der Waals surface area contributed by atoms with Crippen LogP contribution in [0.15, 0.2) is 35.2 Å². The van der Waals surface area contributed by atoms with E-state index >= 15 is 0 Å². The SMILES string of the molecule is Cc1noc(-c2ccc(OC[C@H]3CCCC[C@@H]3C(=O)O)cn2)c1Nc1cncc(OCC(C)C)n1. The van der Waals surface area contributed by atoms with Gasteiger partial charge in [-0.2, -0.15) is 4.98 Å². The monoisotopic (exact) mass is 481 g/mol. The van der Waals surface area contributed by atoms with Gasteiger partial charge in [-0.15, -0.1) is 0 Å². The van der Waals surface area contributed by atoms with Gasteiger partial charge in [-0.25, -0.2) is 4.98 Å². The van der Waals surface area contributed by atoms with E-state index in [2.05, 4.69) is 39.3 Å². The fourth-order valence-electron chi connectivity index (χ4n) is 4.09. The largest absolute Gasteiger partial charge is 0.492 e. The maximum Gasteiger partial charge on any atom is 0.306 e. The van der Waals surface area contributed by atoms with Crippen LogP contribution in [0.2, 0.25) is 0 Å². The van der Waals surface area contributed by atoms with E-state index in [1.165, 1.54) is 0 Å². The van der Waals surface area contributed by atoms with Crippen LogP contribution < -0.4 is 14.8 Å². The molecule has 2 N–H and O–H groups in total. The Kier molecular flexibility index (Phi) is 7.79. The molecule has 0 spiro atoms. The molecule has 0 amide bonds. The van der Waals surface area contributed by atoms with Crippen molar-refractivity contribution in [3.8, 4) is 23.1 Å². The van der Waals surface area contributed by atoms with Crippen molar-refractivity contribution in [2.45, 2.75) is 46.5 Å². The van der Waals surface area contributed by atoms with Crippen LogP contribution in [0.4, 0.5) is 11.5 Å². The van der Waals surface area contributed by atoms with E-state index in [0.29, 0.717) is 65.8 Å². The van der Waals surface area contributed by atoms with E-state index in [9.17, 15) is 9.90 Å². The molecule has 35 heavy (non-hydrogen) atoms. The van der Waals surface area contributed by atoms with E-state index in [1.54, 1.807) is 30.7 Å². The van der Waals surface area contributed by atoms with Crippen LogP contribution in [0.25, 0.3) is 11.5 Å². The summed E-state index contributed by atoms with van der Waals surface area (Å²) in [4.78, 5) is 24.6. The predicted molar refractivity (Wildman–Crippen MR) is 129 cm³/mol. The number of aryl methyl sites for hydroxylation is 1. The van der Waals surface area contributed by atoms with Crippen molar-refractivity contribution in [2.24, 2.45) is 17.8 Å². The molecular weight excluding hydrogens is 450 g/mol. The van der Waals surface area contributed by atoms with E-state index in [0.717, 1.165) is 19.3 Å². The van der Waals surface area contributed by atoms with Crippen molar-refractivity contribution in [1.29, 1.82) is 0 Å². The number of ether oxygens (including phenoxy) is 2. The minimum Gasteiger partial charge on any atom is -0.492 e. The van der Waals surface area contributed by atoms with Gasteiger partial charge in [0.2, 0.25) is 11.6 Å². The summed E-state index contributed by atoms with van der Waals surface area (Å²) in [5, 5.41) is 16.7. The molecule has 1 fully saturated rings. The lowest BCUT2D eigenvalue weighted by Gasteiger charge is -2.28. The van der Waals surface area contributed by atoms with Gasteiger partial charge in [0.05, 0.1) is 37.7 Å². The van der Waals surface area contributed by atoms with Gasteiger partial charge in [-0.3, -0.25) is 9.78 Å². The van der Waals surface area contributed by atoms with Gasteiger partial charge in [-0.1, -0.05) is 31.8 Å². The predicted octanol–water partition coefficient (Wildman–Crippen LogP) is 4.88. The summed E-state index contributed by atoms with van der Waals surface area (Å²) in [7, 11) is 0. The van der Waals surface area contributed by atoms with Crippen LogP contribution >= 0.6 is 0 Å². The number of carboxylic acids is 1. The van der Waals surface area contributed by atoms with E-state index in [1.807, 2.05) is 6.92 Å². The molecule has 0 bridgehead atoms. The Balaban J connectivity index is 1.43. The lowest BCUT2D eigenvalue weighted by molar-refractivity contribution is -0.145. The number of carboxylic acid groups (broad SMARTS) is 1. The number of carbonyl (C=O) groups is 1. The minimum atomic E-state index is -0.741. The van der Waals surface area contributed by atoms with Gasteiger partial charge in [0.1, 0.15) is 22.8 Å². The smallest absolute Gasteiger partial charge is 0.306 e. The zero-order valence-electron chi connectivity index (χ0n) is 20.2. The van der Waals surface area contributed by atoms with E-state index in [4.69, 9.17) is 14.0 Å². The fourth-order valence-corrected chi connectivity index (χ4v) is 4.09. The van der Waals surface area contributed by atoms with E-state index in [-0.39, 0.29) is 11.8 Å². The molecule has 3 aromatic rings. The van der Waals surface area contributed by atoms with Gasteiger partial charge < -0.3 is 24.4 Å². The van der Waals surface area contributed by atoms with Crippen LogP contribution in [0.1, 0.15) is 45.2 Å². The maximum atomic E-state index is 11.5. The molecule has 0 unspecified atom stereocenters. The molecule has 0 radical (unpaired) electrons.